The number of carbonyl (C=O) groups excluding carboxylic acids is 1. The minimum atomic E-state index is -1.07. The third-order valence-corrected chi connectivity index (χ3v) is 6.23. The number of carboxylic acids is 1. The molecule has 3 aromatic rings. The molecule has 1 aromatic heterocycles. The van der Waals surface area contributed by atoms with Gasteiger partial charge in [0, 0.05) is 37.6 Å². The van der Waals surface area contributed by atoms with Gasteiger partial charge in [0.25, 0.3) is 0 Å². The number of anilines is 2. The zero-order chi connectivity index (χ0) is 24.1. The number of nitrogens with zero attached hydrogens (tertiary/aromatic N) is 3. The Morgan fingerprint density at radius 3 is 2.29 bits per heavy atom. The van der Waals surface area contributed by atoms with Gasteiger partial charge in [0.2, 0.25) is 5.91 Å². The van der Waals surface area contributed by atoms with Crippen molar-refractivity contribution >= 4 is 35.0 Å². The monoisotopic (exact) mass is 478 g/mol. The summed E-state index contributed by atoms with van der Waals surface area (Å²) in [5.41, 5.74) is 2.82. The number of pyridine rings is 1. The molecule has 2 aromatic carbocycles. The van der Waals surface area contributed by atoms with E-state index in [0.717, 1.165) is 18.7 Å². The fourth-order valence-electron chi connectivity index (χ4n) is 4.27. The molecule has 2 heterocycles. The van der Waals surface area contributed by atoms with Gasteiger partial charge in [-0.3, -0.25) is 9.69 Å². The zero-order valence-corrected chi connectivity index (χ0v) is 19.7. The van der Waals surface area contributed by atoms with E-state index >= 15 is 0 Å². The maximum Gasteiger partial charge on any atom is 0.339 e. The summed E-state index contributed by atoms with van der Waals surface area (Å²) in [4.78, 5) is 32.4. The Labute approximate surface area is 204 Å². The number of aromatic carboxylic acids is 1. The van der Waals surface area contributed by atoms with E-state index in [2.05, 4.69) is 39.5 Å². The van der Waals surface area contributed by atoms with Gasteiger partial charge >= 0.3 is 5.97 Å². The van der Waals surface area contributed by atoms with Crippen LogP contribution < -0.4 is 10.2 Å². The van der Waals surface area contributed by atoms with E-state index in [-0.39, 0.29) is 17.5 Å². The average molecular weight is 479 g/mol. The third kappa shape index (κ3) is 5.38. The van der Waals surface area contributed by atoms with Gasteiger partial charge in [-0.15, -0.1) is 0 Å². The van der Waals surface area contributed by atoms with E-state index < -0.39 is 5.97 Å². The third-order valence-electron chi connectivity index (χ3n) is 5.98. The molecule has 2 N–H and O–H groups in total. The second kappa shape index (κ2) is 10.7. The van der Waals surface area contributed by atoms with Gasteiger partial charge in [-0.05, 0) is 29.3 Å². The van der Waals surface area contributed by atoms with Crippen LogP contribution in [0, 0.1) is 0 Å². The minimum absolute atomic E-state index is 0.0687. The summed E-state index contributed by atoms with van der Waals surface area (Å²) in [6.07, 6.45) is 1.82. The molecule has 0 saturated carbocycles. The van der Waals surface area contributed by atoms with E-state index in [1.165, 1.54) is 17.8 Å². The predicted molar refractivity (Wildman–Crippen MR) is 134 cm³/mol. The highest BCUT2D eigenvalue weighted by Gasteiger charge is 2.28. The lowest BCUT2D eigenvalue weighted by molar-refractivity contribution is -0.115. The van der Waals surface area contributed by atoms with Crippen LogP contribution in [0.1, 0.15) is 40.9 Å². The molecule has 176 valence electrons. The van der Waals surface area contributed by atoms with Crippen molar-refractivity contribution in [3.05, 3.63) is 88.6 Å². The molecular weight excluding hydrogens is 452 g/mol. The lowest BCUT2D eigenvalue weighted by atomic mass is 9.96. The number of halogens is 1. The number of hydrogen-bond acceptors (Lipinski definition) is 5. The summed E-state index contributed by atoms with van der Waals surface area (Å²) in [5, 5.41) is 13.2. The number of carbonyl (C=O) groups is 2. The quantitative estimate of drug-likeness (QED) is 0.512. The Bertz CT molecular complexity index is 1150. The second-order valence-corrected chi connectivity index (χ2v) is 8.63. The van der Waals surface area contributed by atoms with Crippen molar-refractivity contribution in [2.75, 3.05) is 36.4 Å². The smallest absolute Gasteiger partial charge is 0.339 e. The van der Waals surface area contributed by atoms with Crippen molar-refractivity contribution in [1.82, 2.24) is 9.88 Å². The van der Waals surface area contributed by atoms with Gasteiger partial charge in [-0.25, -0.2) is 9.78 Å². The molecule has 1 saturated heterocycles. The van der Waals surface area contributed by atoms with Gasteiger partial charge in [0.15, 0.2) is 0 Å². The Kier molecular flexibility index (Phi) is 7.45. The number of aromatic nitrogens is 1. The SMILES string of the molecule is CCC(=O)Nc1cnc(N2CCN([C@@H](c3ccccc3)c3ccc(Cl)cc3)CC2)c(C(=O)O)c1. The summed E-state index contributed by atoms with van der Waals surface area (Å²) in [7, 11) is 0. The van der Waals surface area contributed by atoms with Crippen molar-refractivity contribution < 1.29 is 14.7 Å². The summed E-state index contributed by atoms with van der Waals surface area (Å²) in [6.45, 7) is 4.46. The van der Waals surface area contributed by atoms with Crippen LogP contribution in [-0.2, 0) is 4.79 Å². The first kappa shape index (κ1) is 23.7. The zero-order valence-electron chi connectivity index (χ0n) is 18.9. The molecule has 0 spiro atoms. The molecule has 7 nitrogen and oxygen atoms in total. The number of carboxylic acid groups (broad SMARTS) is 1. The van der Waals surface area contributed by atoms with E-state index in [9.17, 15) is 14.7 Å². The summed E-state index contributed by atoms with van der Waals surface area (Å²) in [5.74, 6) is -0.834. The topological polar surface area (TPSA) is 85.8 Å². The summed E-state index contributed by atoms with van der Waals surface area (Å²) in [6, 6.07) is 19.8. The van der Waals surface area contributed by atoms with Crippen molar-refractivity contribution in [1.29, 1.82) is 0 Å². The lowest BCUT2D eigenvalue weighted by Gasteiger charge is -2.40. The molecule has 1 aliphatic rings. The lowest BCUT2D eigenvalue weighted by Crippen LogP contribution is -2.48. The molecule has 0 aliphatic carbocycles. The minimum Gasteiger partial charge on any atom is -0.478 e. The Hall–Kier alpha value is -3.42. The van der Waals surface area contributed by atoms with Gasteiger partial charge in [0.1, 0.15) is 11.4 Å². The molecule has 4 rings (SSSR count). The standard InChI is InChI=1S/C26H27ClN4O3/c1-2-23(32)29-21-16-22(26(33)34)25(28-17-21)31-14-12-30(13-15-31)24(18-6-4-3-5-7-18)19-8-10-20(27)11-9-19/h3-11,16-17,24H,2,12-15H2,1H3,(H,29,32)(H,33,34)/t24-/m0/s1. The first-order chi connectivity index (χ1) is 16.5. The first-order valence-corrected chi connectivity index (χ1v) is 11.7. The van der Waals surface area contributed by atoms with Gasteiger partial charge < -0.3 is 15.3 Å². The average Bonchev–Trinajstić information content (AvgIpc) is 2.86. The number of rotatable bonds is 7. The van der Waals surface area contributed by atoms with Crippen LogP contribution in [0.3, 0.4) is 0 Å². The van der Waals surface area contributed by atoms with E-state index in [4.69, 9.17) is 11.6 Å². The maximum atomic E-state index is 11.9. The summed E-state index contributed by atoms with van der Waals surface area (Å²) < 4.78 is 0. The van der Waals surface area contributed by atoms with Crippen molar-refractivity contribution in [3.63, 3.8) is 0 Å². The number of piperazine rings is 1. The Balaban J connectivity index is 1.55. The molecule has 1 atom stereocenters. The van der Waals surface area contributed by atoms with Crippen LogP contribution in [0.4, 0.5) is 11.5 Å². The Morgan fingerprint density at radius 2 is 1.68 bits per heavy atom. The number of amides is 1. The predicted octanol–water partition coefficient (Wildman–Crippen LogP) is 4.69. The molecule has 0 unspecified atom stereocenters. The molecular formula is C26H27ClN4O3. The van der Waals surface area contributed by atoms with Crippen molar-refractivity contribution in [2.24, 2.45) is 0 Å². The molecule has 1 fully saturated rings. The number of hydrogen-bond donors (Lipinski definition) is 2. The van der Waals surface area contributed by atoms with Gasteiger partial charge in [-0.2, -0.15) is 0 Å². The van der Waals surface area contributed by atoms with Crippen LogP contribution in [0.25, 0.3) is 0 Å². The van der Waals surface area contributed by atoms with Crippen molar-refractivity contribution in [3.8, 4) is 0 Å². The van der Waals surface area contributed by atoms with E-state index in [0.29, 0.717) is 36.0 Å². The first-order valence-electron chi connectivity index (χ1n) is 11.3. The second-order valence-electron chi connectivity index (χ2n) is 8.19. The molecule has 0 radical (unpaired) electrons. The van der Waals surface area contributed by atoms with Gasteiger partial charge in [-0.1, -0.05) is 61.0 Å². The van der Waals surface area contributed by atoms with Crippen molar-refractivity contribution in [2.45, 2.75) is 19.4 Å². The maximum absolute atomic E-state index is 11.9. The molecule has 1 aliphatic heterocycles. The normalized spacial score (nSPS) is 15.1. The molecule has 0 bridgehead atoms. The fourth-order valence-corrected chi connectivity index (χ4v) is 4.40. The summed E-state index contributed by atoms with van der Waals surface area (Å²) >= 11 is 6.12. The van der Waals surface area contributed by atoms with Crippen LogP contribution in [0.15, 0.2) is 66.9 Å². The number of nitrogens with one attached hydrogen (secondary N) is 1. The molecule has 34 heavy (non-hydrogen) atoms. The molecule has 1 amide bonds. The van der Waals surface area contributed by atoms with E-state index in [1.54, 1.807) is 6.92 Å². The Morgan fingerprint density at radius 1 is 1.03 bits per heavy atom. The number of benzene rings is 2. The van der Waals surface area contributed by atoms with Crippen LogP contribution in [-0.4, -0.2) is 53.0 Å². The van der Waals surface area contributed by atoms with Crippen LogP contribution in [0.2, 0.25) is 5.02 Å². The van der Waals surface area contributed by atoms with E-state index in [1.807, 2.05) is 35.2 Å². The van der Waals surface area contributed by atoms with Gasteiger partial charge in [0.05, 0.1) is 17.9 Å². The molecule has 8 heteroatoms. The highest BCUT2D eigenvalue weighted by Crippen LogP contribution is 2.31. The highest BCUT2D eigenvalue weighted by molar-refractivity contribution is 6.30. The highest BCUT2D eigenvalue weighted by atomic mass is 35.5. The van der Waals surface area contributed by atoms with Crippen LogP contribution >= 0.6 is 11.6 Å². The largest absolute Gasteiger partial charge is 0.478 e. The fraction of sp³-hybridized carbons (Fsp3) is 0.269. The van der Waals surface area contributed by atoms with Crippen LogP contribution in [0.5, 0.6) is 0 Å².